The summed E-state index contributed by atoms with van der Waals surface area (Å²) in [5.41, 5.74) is 9.72. The van der Waals surface area contributed by atoms with Gasteiger partial charge >= 0.3 is 11.9 Å². The number of fused-ring (bicyclic) bond motifs is 4. The Labute approximate surface area is 406 Å². The molecule has 0 radical (unpaired) electrons. The lowest BCUT2D eigenvalue weighted by atomic mass is 9.85. The number of thiazole rings is 1. The van der Waals surface area contributed by atoms with Crippen LogP contribution in [0.5, 0.6) is 0 Å². The number of amides is 3. The number of benzene rings is 3. The number of hydrogen-bond donors (Lipinski definition) is 4. The Kier molecular flexibility index (Phi) is 12.5. The normalized spacial score (nSPS) is 18.2. The Morgan fingerprint density at radius 1 is 0.884 bits per heavy atom. The van der Waals surface area contributed by atoms with E-state index < -0.39 is 59.3 Å². The number of aliphatic carboxylic acids is 1. The molecule has 69 heavy (non-hydrogen) atoms. The zero-order valence-electron chi connectivity index (χ0n) is 39.7. The number of carboxylic acids is 1. The van der Waals surface area contributed by atoms with Crippen molar-refractivity contribution in [3.05, 3.63) is 123 Å². The number of aliphatic hydroxyl groups is 1. The first-order valence-electron chi connectivity index (χ1n) is 22.7. The van der Waals surface area contributed by atoms with Crippen LogP contribution in [0.15, 0.2) is 81.7 Å². The SMILES string of the molecule is Cc1ncsc1-c1ccc([C@H](C)NC(=O)[C@@H]2C[C@@H](O)CN2C(=O)[C@@H](NC(=O)c2nc3ccc(-c4ccc(C5=N[C@@H](C(C)C(=O)O)c6nnc(C)n6-c6sc(C)c(C)c65)cc4)cc3o2)C(C)(C)C)cc1. The molecule has 3 aromatic carbocycles. The van der Waals surface area contributed by atoms with E-state index in [9.17, 15) is 29.4 Å². The van der Waals surface area contributed by atoms with E-state index in [-0.39, 0.29) is 24.9 Å². The van der Waals surface area contributed by atoms with Crippen molar-refractivity contribution in [3.8, 4) is 26.6 Å². The van der Waals surface area contributed by atoms with Crippen molar-refractivity contribution in [2.45, 2.75) is 99.0 Å². The Morgan fingerprint density at radius 3 is 2.23 bits per heavy atom. The number of oxazole rings is 1. The number of carboxylic acid groups (broad SMARTS) is 1. The molecule has 9 rings (SSSR count). The minimum atomic E-state index is -1.10. The standard InChI is InChI=1S/C51H53N9O7S2/c1-24-28(5)69-49-39(24)41(55-40(25(2)50(65)66)44-58-57-29(6)60(44)49)32-14-12-31(13-15-32)34-18-19-36-38(20-34)67-47(54-36)46(63)56-43(51(7,8)9)48(64)59-22-35(61)21-37(59)45(62)53-26(3)30-10-16-33(17-11-30)42-27(4)52-23-68-42/h10-20,23,25-26,35,37,40,43,61H,21-22H2,1-9H3,(H,53,62)(H,56,63)(H,65,66)/t25?,26-,35+,37-,40-,43+/m0/s1. The van der Waals surface area contributed by atoms with Gasteiger partial charge in [0.05, 0.1) is 39.9 Å². The van der Waals surface area contributed by atoms with Gasteiger partial charge in [-0.05, 0) is 86.9 Å². The van der Waals surface area contributed by atoms with Crippen molar-refractivity contribution < 1.29 is 33.8 Å². The first-order chi connectivity index (χ1) is 32.8. The van der Waals surface area contributed by atoms with Gasteiger partial charge in [0.25, 0.3) is 5.89 Å². The lowest BCUT2D eigenvalue weighted by Gasteiger charge is -2.35. The maximum absolute atomic E-state index is 14.4. The van der Waals surface area contributed by atoms with Crippen LogP contribution in [0.3, 0.4) is 0 Å². The largest absolute Gasteiger partial charge is 0.481 e. The third-order valence-electron chi connectivity index (χ3n) is 13.2. The Bertz CT molecular complexity index is 3180. The number of aryl methyl sites for hydroxylation is 3. The van der Waals surface area contributed by atoms with Crippen LogP contribution in [0.1, 0.15) is 108 Å². The smallest absolute Gasteiger partial charge is 0.308 e. The molecule has 6 atom stereocenters. The predicted octanol–water partition coefficient (Wildman–Crippen LogP) is 8.09. The average Bonchev–Trinajstić information content (AvgIpc) is 4.15. The first kappa shape index (κ1) is 47.2. The zero-order valence-corrected chi connectivity index (χ0v) is 41.3. The highest BCUT2D eigenvalue weighted by molar-refractivity contribution is 7.15. The lowest BCUT2D eigenvalue weighted by Crippen LogP contribution is -2.57. The van der Waals surface area contributed by atoms with E-state index >= 15 is 0 Å². The number of likely N-dealkylation sites (tertiary alicyclic amines) is 1. The van der Waals surface area contributed by atoms with Crippen LogP contribution in [-0.4, -0.2) is 94.0 Å². The average molecular weight is 968 g/mol. The Balaban J connectivity index is 0.918. The van der Waals surface area contributed by atoms with Crippen molar-refractivity contribution >= 4 is 63.2 Å². The second-order valence-electron chi connectivity index (χ2n) is 19.0. The summed E-state index contributed by atoms with van der Waals surface area (Å²) in [4.78, 5) is 72.0. The van der Waals surface area contributed by atoms with E-state index in [1.807, 2.05) is 113 Å². The molecule has 1 saturated heterocycles. The summed E-state index contributed by atoms with van der Waals surface area (Å²) in [6.45, 7) is 16.8. The van der Waals surface area contributed by atoms with Crippen molar-refractivity contribution in [3.63, 3.8) is 0 Å². The molecule has 18 heteroatoms. The van der Waals surface area contributed by atoms with Gasteiger partial charge in [-0.3, -0.25) is 28.7 Å². The molecule has 7 aromatic rings. The van der Waals surface area contributed by atoms with Crippen LogP contribution in [0.25, 0.3) is 37.7 Å². The van der Waals surface area contributed by atoms with Gasteiger partial charge in [0.15, 0.2) is 11.4 Å². The summed E-state index contributed by atoms with van der Waals surface area (Å²) in [5, 5.41) is 36.4. The molecule has 3 amide bonds. The van der Waals surface area contributed by atoms with E-state index in [1.54, 1.807) is 41.7 Å². The highest BCUT2D eigenvalue weighted by Gasteiger charge is 2.45. The second kappa shape index (κ2) is 18.2. The van der Waals surface area contributed by atoms with Crippen molar-refractivity contribution in [2.75, 3.05) is 6.54 Å². The lowest BCUT2D eigenvalue weighted by molar-refractivity contribution is -0.142. The molecule has 6 heterocycles. The summed E-state index contributed by atoms with van der Waals surface area (Å²) in [6, 6.07) is 17.9. The fraction of sp³-hybridized carbons (Fsp3) is 0.353. The van der Waals surface area contributed by atoms with Gasteiger partial charge in [0.1, 0.15) is 34.5 Å². The van der Waals surface area contributed by atoms with Crippen molar-refractivity contribution in [2.24, 2.45) is 16.3 Å². The van der Waals surface area contributed by atoms with E-state index in [0.717, 1.165) is 59.4 Å². The number of carbonyl (C=O) groups is 4. The van der Waals surface area contributed by atoms with E-state index in [0.29, 0.717) is 28.5 Å². The van der Waals surface area contributed by atoms with E-state index in [1.165, 1.54) is 4.90 Å². The van der Waals surface area contributed by atoms with Crippen LogP contribution >= 0.6 is 22.7 Å². The molecule has 1 fully saturated rings. The molecular formula is C51H53N9O7S2. The monoisotopic (exact) mass is 967 g/mol. The van der Waals surface area contributed by atoms with Crippen LogP contribution in [0.4, 0.5) is 0 Å². The number of aliphatic hydroxyl groups excluding tert-OH is 1. The highest BCUT2D eigenvalue weighted by atomic mass is 32.1. The van der Waals surface area contributed by atoms with Crippen LogP contribution in [0, 0.1) is 39.0 Å². The molecule has 4 N–H and O–H groups in total. The maximum Gasteiger partial charge on any atom is 0.308 e. The van der Waals surface area contributed by atoms with Gasteiger partial charge in [-0.15, -0.1) is 32.9 Å². The number of hydrogen-bond acceptors (Lipinski definition) is 13. The fourth-order valence-electron chi connectivity index (χ4n) is 9.05. The number of nitrogens with zero attached hydrogens (tertiary/aromatic N) is 7. The molecule has 2 aliphatic rings. The number of carbonyl (C=O) groups excluding carboxylic acids is 3. The van der Waals surface area contributed by atoms with Gasteiger partial charge < -0.3 is 30.2 Å². The van der Waals surface area contributed by atoms with E-state index in [4.69, 9.17) is 9.41 Å². The third kappa shape index (κ3) is 8.87. The fourth-order valence-corrected chi connectivity index (χ4v) is 11.1. The molecule has 1 unspecified atom stereocenters. The molecule has 0 spiro atoms. The number of β-amino-alcohol motifs (C(OH)–C–C–N with tert-alkyl or cyclic N) is 1. The van der Waals surface area contributed by atoms with Crippen molar-refractivity contribution in [1.29, 1.82) is 0 Å². The number of aliphatic imine (C=N–C) groups is 1. The summed E-state index contributed by atoms with van der Waals surface area (Å²) < 4.78 is 7.98. The minimum Gasteiger partial charge on any atom is -0.481 e. The van der Waals surface area contributed by atoms with Gasteiger partial charge in [-0.2, -0.15) is 0 Å². The molecule has 0 bridgehead atoms. The number of aromatic nitrogens is 5. The van der Waals surface area contributed by atoms with Crippen molar-refractivity contribution in [1.82, 2.24) is 40.3 Å². The third-order valence-corrected chi connectivity index (χ3v) is 15.3. The maximum atomic E-state index is 14.4. The van der Waals surface area contributed by atoms with Gasteiger partial charge in [-0.25, -0.2) is 9.97 Å². The summed E-state index contributed by atoms with van der Waals surface area (Å²) in [6.07, 6.45) is -0.878. The highest BCUT2D eigenvalue weighted by Crippen LogP contribution is 2.41. The van der Waals surface area contributed by atoms with Crippen LogP contribution < -0.4 is 10.6 Å². The summed E-state index contributed by atoms with van der Waals surface area (Å²) in [7, 11) is 0. The molecule has 4 aromatic heterocycles. The van der Waals surface area contributed by atoms with Crippen LogP contribution in [-0.2, 0) is 14.4 Å². The minimum absolute atomic E-state index is 0.0510. The Morgan fingerprint density at radius 2 is 1.57 bits per heavy atom. The molecule has 356 valence electrons. The first-order valence-corrected chi connectivity index (χ1v) is 24.4. The molecule has 0 aliphatic carbocycles. The predicted molar refractivity (Wildman–Crippen MR) is 264 cm³/mol. The number of rotatable bonds is 11. The summed E-state index contributed by atoms with van der Waals surface area (Å²) in [5.74, 6) is -2.58. The second-order valence-corrected chi connectivity index (χ2v) is 21.1. The Hall–Kier alpha value is -6.89. The molecule has 2 aliphatic heterocycles. The zero-order chi connectivity index (χ0) is 49.2. The quantitative estimate of drug-likeness (QED) is 0.0971. The topological polar surface area (TPSA) is 218 Å². The van der Waals surface area contributed by atoms with Gasteiger partial charge in [0.2, 0.25) is 11.8 Å². The van der Waals surface area contributed by atoms with Gasteiger partial charge in [0, 0.05) is 29.0 Å². The molecule has 0 saturated carbocycles. The number of nitrogens with one attached hydrogen (secondary N) is 2. The van der Waals surface area contributed by atoms with Crippen LogP contribution in [0.2, 0.25) is 0 Å². The summed E-state index contributed by atoms with van der Waals surface area (Å²) >= 11 is 3.16. The molecule has 16 nitrogen and oxygen atoms in total. The molecular weight excluding hydrogens is 915 g/mol. The van der Waals surface area contributed by atoms with Gasteiger partial charge in [-0.1, -0.05) is 75.4 Å². The van der Waals surface area contributed by atoms with E-state index in [2.05, 4.69) is 37.7 Å². The number of thiophene rings is 1.